The van der Waals surface area contributed by atoms with E-state index < -0.39 is 0 Å². The zero-order valence-corrected chi connectivity index (χ0v) is 12.4. The topological polar surface area (TPSA) is 79.5 Å². The summed E-state index contributed by atoms with van der Waals surface area (Å²) in [6.07, 6.45) is 3.15. The normalized spacial score (nSPS) is 21.9. The number of hydrogen-bond acceptors (Lipinski definition) is 5. The first-order chi connectivity index (χ1) is 10.1. The van der Waals surface area contributed by atoms with Crippen LogP contribution in [-0.4, -0.2) is 51.4 Å². The zero-order valence-electron chi connectivity index (χ0n) is 12.4. The van der Waals surface area contributed by atoms with E-state index in [4.69, 9.17) is 4.42 Å². The summed E-state index contributed by atoms with van der Waals surface area (Å²) in [5, 5.41) is 7.80. The second-order valence-corrected chi connectivity index (χ2v) is 5.82. The highest BCUT2D eigenvalue weighted by Crippen LogP contribution is 2.33. The molecule has 1 saturated heterocycles. The Balaban J connectivity index is 1.58. The molecule has 1 aromatic rings. The third-order valence-corrected chi connectivity index (χ3v) is 4.06. The van der Waals surface area contributed by atoms with Gasteiger partial charge >= 0.3 is 0 Å². The molecule has 0 bridgehead atoms. The predicted octanol–water partition coefficient (Wildman–Crippen LogP) is 0.601. The molecule has 1 saturated carbocycles. The Morgan fingerprint density at radius 1 is 1.38 bits per heavy atom. The van der Waals surface area contributed by atoms with E-state index in [1.807, 2.05) is 11.8 Å². The summed E-state index contributed by atoms with van der Waals surface area (Å²) in [5.74, 6) is 0.850. The highest BCUT2D eigenvalue weighted by Gasteiger charge is 2.42. The van der Waals surface area contributed by atoms with Crippen LogP contribution in [0, 0.1) is 5.92 Å². The summed E-state index contributed by atoms with van der Waals surface area (Å²) in [4.78, 5) is 27.8. The summed E-state index contributed by atoms with van der Waals surface area (Å²) in [6.45, 7) is 2.78. The molecule has 2 fully saturated rings. The molecule has 1 atom stereocenters. The molecule has 0 radical (unpaired) electrons. The minimum atomic E-state index is -0.239. The van der Waals surface area contributed by atoms with Gasteiger partial charge in [-0.2, -0.15) is 0 Å². The number of nitrogens with zero attached hydrogens (tertiary/aromatic N) is 4. The largest absolute Gasteiger partial charge is 0.423 e. The number of hydrogen-bond donors (Lipinski definition) is 0. The summed E-state index contributed by atoms with van der Waals surface area (Å²) < 4.78 is 5.41. The number of carbonyl (C=O) groups excluding carboxylic acids is 2. The highest BCUT2D eigenvalue weighted by atomic mass is 16.4. The molecule has 7 nitrogen and oxygen atoms in total. The van der Waals surface area contributed by atoms with E-state index in [1.165, 1.54) is 0 Å². The minimum Gasteiger partial charge on any atom is -0.423 e. The molecule has 2 amide bonds. The summed E-state index contributed by atoms with van der Waals surface area (Å²) in [5.41, 5.74) is 0. The van der Waals surface area contributed by atoms with Gasteiger partial charge < -0.3 is 14.2 Å². The van der Waals surface area contributed by atoms with Gasteiger partial charge in [0.05, 0.1) is 12.5 Å². The van der Waals surface area contributed by atoms with Crippen molar-refractivity contribution in [3.8, 4) is 0 Å². The average Bonchev–Trinajstić information content (AvgIpc) is 3.09. The van der Waals surface area contributed by atoms with E-state index in [-0.39, 0.29) is 17.7 Å². The van der Waals surface area contributed by atoms with Crippen LogP contribution in [0.5, 0.6) is 0 Å². The van der Waals surface area contributed by atoms with Crippen LogP contribution in [0.2, 0.25) is 0 Å². The Morgan fingerprint density at radius 3 is 2.71 bits per heavy atom. The maximum atomic E-state index is 12.4. The lowest BCUT2D eigenvalue weighted by molar-refractivity contribution is -0.135. The van der Waals surface area contributed by atoms with E-state index in [9.17, 15) is 9.59 Å². The van der Waals surface area contributed by atoms with Crippen LogP contribution >= 0.6 is 0 Å². The van der Waals surface area contributed by atoms with Gasteiger partial charge in [0.15, 0.2) is 0 Å². The quantitative estimate of drug-likeness (QED) is 0.794. The Morgan fingerprint density at radius 2 is 2.10 bits per heavy atom. The van der Waals surface area contributed by atoms with Crippen LogP contribution in [0.3, 0.4) is 0 Å². The van der Waals surface area contributed by atoms with Crippen molar-refractivity contribution in [3.05, 3.63) is 11.8 Å². The molecule has 7 heteroatoms. The Bertz CT molecular complexity index is 552. The van der Waals surface area contributed by atoms with Crippen molar-refractivity contribution >= 4 is 11.8 Å². The third-order valence-electron chi connectivity index (χ3n) is 4.06. The zero-order chi connectivity index (χ0) is 15.0. The molecule has 21 heavy (non-hydrogen) atoms. The lowest BCUT2D eigenvalue weighted by Gasteiger charge is -2.20. The molecule has 0 unspecified atom stereocenters. The fourth-order valence-corrected chi connectivity index (χ4v) is 2.72. The van der Waals surface area contributed by atoms with Gasteiger partial charge in [0.25, 0.3) is 0 Å². The second kappa shape index (κ2) is 5.46. The Labute approximate surface area is 123 Å². The van der Waals surface area contributed by atoms with Gasteiger partial charge in [0.1, 0.15) is 0 Å². The molecule has 0 aromatic carbocycles. The van der Waals surface area contributed by atoms with Crippen molar-refractivity contribution in [2.24, 2.45) is 5.92 Å². The van der Waals surface area contributed by atoms with Crippen molar-refractivity contribution in [1.82, 2.24) is 20.0 Å². The molecule has 114 valence electrons. The van der Waals surface area contributed by atoms with Gasteiger partial charge in [-0.05, 0) is 12.8 Å². The second-order valence-electron chi connectivity index (χ2n) is 5.82. The maximum absolute atomic E-state index is 12.4. The van der Waals surface area contributed by atoms with E-state index in [2.05, 4.69) is 10.2 Å². The van der Waals surface area contributed by atoms with Gasteiger partial charge in [-0.1, -0.05) is 6.92 Å². The van der Waals surface area contributed by atoms with Gasteiger partial charge in [0.2, 0.25) is 23.6 Å². The van der Waals surface area contributed by atoms with Crippen LogP contribution in [0.15, 0.2) is 4.42 Å². The minimum absolute atomic E-state index is 0.0252. The smallest absolute Gasteiger partial charge is 0.235 e. The monoisotopic (exact) mass is 292 g/mol. The van der Waals surface area contributed by atoms with Crippen molar-refractivity contribution in [2.75, 3.05) is 13.6 Å². The summed E-state index contributed by atoms with van der Waals surface area (Å²) in [6, 6.07) is 0.378. The number of likely N-dealkylation sites (tertiary alicyclic amines) is 1. The molecule has 1 aliphatic heterocycles. The number of amides is 2. The number of carbonyl (C=O) groups is 2. The lowest BCUT2D eigenvalue weighted by atomic mass is 10.1. The van der Waals surface area contributed by atoms with Crippen molar-refractivity contribution in [3.63, 3.8) is 0 Å². The molecule has 2 aliphatic rings. The molecular formula is C14H20N4O3. The molecule has 3 rings (SSSR count). The molecule has 2 heterocycles. The van der Waals surface area contributed by atoms with Gasteiger partial charge in [-0.3, -0.25) is 9.59 Å². The van der Waals surface area contributed by atoms with Gasteiger partial charge in [-0.15, -0.1) is 10.2 Å². The molecule has 1 aliphatic carbocycles. The van der Waals surface area contributed by atoms with Crippen molar-refractivity contribution in [2.45, 2.75) is 45.2 Å². The van der Waals surface area contributed by atoms with Gasteiger partial charge in [0, 0.05) is 32.5 Å². The fraction of sp³-hybridized carbons (Fsp3) is 0.714. The Kier molecular flexibility index (Phi) is 3.65. The van der Waals surface area contributed by atoms with Crippen LogP contribution in [-0.2, 0) is 22.6 Å². The number of rotatable bonds is 5. The molecule has 0 N–H and O–H groups in total. The van der Waals surface area contributed by atoms with Crippen LogP contribution in [0.1, 0.15) is 38.0 Å². The molecule has 1 aromatic heterocycles. The van der Waals surface area contributed by atoms with Crippen LogP contribution in [0.4, 0.5) is 0 Å². The SMILES string of the molecule is CCc1nnc(CN(C)C(=O)[C@H]2CC(=O)N(C3CC3)C2)o1. The molecule has 0 spiro atoms. The molecular weight excluding hydrogens is 272 g/mol. The maximum Gasteiger partial charge on any atom is 0.235 e. The standard InChI is InChI=1S/C14H20N4O3/c1-3-11-15-16-12(21-11)8-17(2)14(20)9-6-13(19)18(7-9)10-4-5-10/h9-10H,3-8H2,1-2H3/t9-/m0/s1. The van der Waals surface area contributed by atoms with E-state index in [0.717, 1.165) is 12.8 Å². The number of aryl methyl sites for hydroxylation is 1. The van der Waals surface area contributed by atoms with Gasteiger partial charge in [-0.25, -0.2) is 0 Å². The highest BCUT2D eigenvalue weighted by molar-refractivity contribution is 5.89. The first-order valence-electron chi connectivity index (χ1n) is 7.44. The predicted molar refractivity (Wildman–Crippen MR) is 73.0 cm³/mol. The third kappa shape index (κ3) is 2.91. The lowest BCUT2D eigenvalue weighted by Crippen LogP contribution is -2.34. The first-order valence-corrected chi connectivity index (χ1v) is 7.44. The average molecular weight is 292 g/mol. The van der Waals surface area contributed by atoms with Crippen LogP contribution < -0.4 is 0 Å². The first kappa shape index (κ1) is 14.0. The van der Waals surface area contributed by atoms with Crippen molar-refractivity contribution in [1.29, 1.82) is 0 Å². The summed E-state index contributed by atoms with van der Waals surface area (Å²) in [7, 11) is 1.71. The number of aromatic nitrogens is 2. The Hall–Kier alpha value is -1.92. The van der Waals surface area contributed by atoms with Crippen LogP contribution in [0.25, 0.3) is 0 Å². The summed E-state index contributed by atoms with van der Waals surface area (Å²) >= 11 is 0. The van der Waals surface area contributed by atoms with E-state index in [0.29, 0.717) is 43.8 Å². The van der Waals surface area contributed by atoms with E-state index in [1.54, 1.807) is 11.9 Å². The fourth-order valence-electron chi connectivity index (χ4n) is 2.72. The van der Waals surface area contributed by atoms with Crippen molar-refractivity contribution < 1.29 is 14.0 Å². The van der Waals surface area contributed by atoms with E-state index >= 15 is 0 Å².